The van der Waals surface area contributed by atoms with Gasteiger partial charge in [-0.1, -0.05) is 0 Å². The average Bonchev–Trinajstić information content (AvgIpc) is 3.10. The van der Waals surface area contributed by atoms with Crippen molar-refractivity contribution in [1.82, 2.24) is 20.5 Å². The minimum absolute atomic E-state index is 0.0522. The average molecular weight is 339 g/mol. The molecular formula is C16H17N7O2. The van der Waals surface area contributed by atoms with Crippen molar-refractivity contribution in [3.8, 4) is 0 Å². The van der Waals surface area contributed by atoms with Crippen LogP contribution in [0.4, 0.5) is 23.0 Å². The fourth-order valence-corrected chi connectivity index (χ4v) is 2.90. The summed E-state index contributed by atoms with van der Waals surface area (Å²) in [4.78, 5) is 17.5. The first kappa shape index (κ1) is 15.3. The van der Waals surface area contributed by atoms with Crippen LogP contribution >= 0.6 is 0 Å². The first-order chi connectivity index (χ1) is 12.2. The van der Waals surface area contributed by atoms with Crippen molar-refractivity contribution in [2.45, 2.75) is 0 Å². The maximum atomic E-state index is 11.4. The molecule has 4 rings (SSSR count). The molecule has 0 atom stereocenters. The number of aromatic nitrogens is 3. The van der Waals surface area contributed by atoms with Gasteiger partial charge in [0.25, 0.3) is 0 Å². The number of nitrogens with zero attached hydrogens (tertiary/aromatic N) is 4. The number of anilines is 3. The number of aromatic amines is 1. The van der Waals surface area contributed by atoms with Crippen LogP contribution in [0.1, 0.15) is 0 Å². The summed E-state index contributed by atoms with van der Waals surface area (Å²) < 4.78 is 0. The molecule has 0 radical (unpaired) electrons. The van der Waals surface area contributed by atoms with E-state index in [1.54, 1.807) is 12.3 Å². The fourth-order valence-electron chi connectivity index (χ4n) is 2.90. The largest absolute Gasteiger partial charge is 0.354 e. The summed E-state index contributed by atoms with van der Waals surface area (Å²) in [5.41, 5.74) is 1.51. The van der Waals surface area contributed by atoms with Crippen LogP contribution in [0.25, 0.3) is 10.9 Å². The van der Waals surface area contributed by atoms with Gasteiger partial charge in [-0.3, -0.25) is 15.2 Å². The Morgan fingerprint density at radius 2 is 2.04 bits per heavy atom. The van der Waals surface area contributed by atoms with Crippen molar-refractivity contribution in [2.75, 3.05) is 36.4 Å². The third kappa shape index (κ3) is 3.09. The molecule has 0 bridgehead atoms. The van der Waals surface area contributed by atoms with Crippen LogP contribution in [0.2, 0.25) is 0 Å². The lowest BCUT2D eigenvalue weighted by atomic mass is 10.2. The van der Waals surface area contributed by atoms with E-state index in [9.17, 15) is 10.1 Å². The zero-order valence-electron chi connectivity index (χ0n) is 13.4. The van der Waals surface area contributed by atoms with Gasteiger partial charge in [0.2, 0.25) is 5.82 Å². The highest BCUT2D eigenvalue weighted by Gasteiger charge is 2.19. The molecule has 9 heteroatoms. The van der Waals surface area contributed by atoms with Crippen LogP contribution < -0.4 is 15.5 Å². The lowest BCUT2D eigenvalue weighted by Crippen LogP contribution is -2.43. The summed E-state index contributed by atoms with van der Waals surface area (Å²) in [6.07, 6.45) is 1.73. The summed E-state index contributed by atoms with van der Waals surface area (Å²) in [5.74, 6) is 0.970. The van der Waals surface area contributed by atoms with Crippen molar-refractivity contribution in [3.05, 3.63) is 46.6 Å². The Kier molecular flexibility index (Phi) is 3.90. The van der Waals surface area contributed by atoms with Gasteiger partial charge in [0.15, 0.2) is 0 Å². The highest BCUT2D eigenvalue weighted by atomic mass is 16.6. The van der Waals surface area contributed by atoms with Gasteiger partial charge in [0, 0.05) is 43.3 Å². The van der Waals surface area contributed by atoms with Crippen molar-refractivity contribution in [1.29, 1.82) is 0 Å². The third-order valence-electron chi connectivity index (χ3n) is 4.20. The predicted octanol–water partition coefficient (Wildman–Crippen LogP) is 2.02. The monoisotopic (exact) mass is 339 g/mol. The van der Waals surface area contributed by atoms with E-state index in [0.29, 0.717) is 5.69 Å². The van der Waals surface area contributed by atoms with Crippen molar-refractivity contribution in [3.63, 3.8) is 0 Å². The molecular weight excluding hydrogens is 322 g/mol. The molecule has 0 saturated carbocycles. The van der Waals surface area contributed by atoms with E-state index < -0.39 is 4.92 Å². The van der Waals surface area contributed by atoms with E-state index in [4.69, 9.17) is 0 Å². The van der Waals surface area contributed by atoms with Gasteiger partial charge >= 0.3 is 5.69 Å². The number of nitrogens with one attached hydrogen (secondary N) is 3. The van der Waals surface area contributed by atoms with Crippen LogP contribution in [0.5, 0.6) is 0 Å². The number of H-pyrrole nitrogens is 1. The molecule has 1 aliphatic rings. The minimum atomic E-state index is -0.425. The topological polar surface area (TPSA) is 112 Å². The van der Waals surface area contributed by atoms with Gasteiger partial charge in [0.05, 0.1) is 16.6 Å². The molecule has 0 aliphatic carbocycles. The molecule has 1 aliphatic heterocycles. The van der Waals surface area contributed by atoms with E-state index in [1.165, 1.54) is 6.07 Å². The Balaban J connectivity index is 1.68. The molecule has 3 heterocycles. The summed E-state index contributed by atoms with van der Waals surface area (Å²) in [7, 11) is 0. The van der Waals surface area contributed by atoms with Gasteiger partial charge < -0.3 is 15.5 Å². The Morgan fingerprint density at radius 3 is 2.84 bits per heavy atom. The second-order valence-electron chi connectivity index (χ2n) is 5.83. The smallest absolute Gasteiger partial charge is 0.311 e. The summed E-state index contributed by atoms with van der Waals surface area (Å²) >= 11 is 0. The number of hydrogen-bond donors (Lipinski definition) is 3. The van der Waals surface area contributed by atoms with Gasteiger partial charge in [-0.15, -0.1) is 0 Å². The fraction of sp³-hybridized carbons (Fsp3) is 0.250. The van der Waals surface area contributed by atoms with E-state index >= 15 is 0 Å². The minimum Gasteiger partial charge on any atom is -0.354 e. The van der Waals surface area contributed by atoms with Crippen LogP contribution in [0, 0.1) is 10.1 Å². The second kappa shape index (κ2) is 6.36. The number of benzene rings is 1. The maximum absolute atomic E-state index is 11.4. The van der Waals surface area contributed by atoms with E-state index in [0.717, 1.165) is 42.9 Å². The molecule has 3 aromatic rings. The quantitative estimate of drug-likeness (QED) is 0.492. The van der Waals surface area contributed by atoms with Gasteiger partial charge in [-0.05, 0) is 24.3 Å². The molecule has 1 saturated heterocycles. The molecule has 3 N–H and O–H groups in total. The Labute approximate surface area is 143 Å². The highest BCUT2D eigenvalue weighted by molar-refractivity contribution is 5.83. The first-order valence-corrected chi connectivity index (χ1v) is 8.02. The van der Waals surface area contributed by atoms with E-state index in [-0.39, 0.29) is 11.5 Å². The summed E-state index contributed by atoms with van der Waals surface area (Å²) in [5, 5.41) is 25.6. The van der Waals surface area contributed by atoms with Gasteiger partial charge in [-0.2, -0.15) is 5.10 Å². The zero-order valence-corrected chi connectivity index (χ0v) is 13.4. The Bertz CT molecular complexity index is 918. The lowest BCUT2D eigenvalue weighted by Gasteiger charge is -2.28. The number of fused-ring (bicyclic) bond motifs is 1. The van der Waals surface area contributed by atoms with Crippen molar-refractivity contribution >= 4 is 33.9 Å². The van der Waals surface area contributed by atoms with E-state index in [2.05, 4.69) is 30.7 Å². The van der Waals surface area contributed by atoms with Crippen LogP contribution in [0.3, 0.4) is 0 Å². The molecule has 0 amide bonds. The van der Waals surface area contributed by atoms with Crippen LogP contribution in [0.15, 0.2) is 36.5 Å². The molecule has 1 aromatic carbocycles. The van der Waals surface area contributed by atoms with Gasteiger partial charge in [-0.25, -0.2) is 4.98 Å². The Hall–Kier alpha value is -3.20. The molecule has 128 valence electrons. The summed E-state index contributed by atoms with van der Waals surface area (Å²) in [6, 6.07) is 8.80. The molecule has 25 heavy (non-hydrogen) atoms. The normalized spacial score (nSPS) is 14.6. The number of piperazine rings is 1. The van der Waals surface area contributed by atoms with Gasteiger partial charge in [0.1, 0.15) is 5.82 Å². The highest BCUT2D eigenvalue weighted by Crippen LogP contribution is 2.29. The number of rotatable bonds is 4. The maximum Gasteiger partial charge on any atom is 0.311 e. The summed E-state index contributed by atoms with van der Waals surface area (Å²) in [6.45, 7) is 3.39. The zero-order chi connectivity index (χ0) is 17.2. The molecule has 0 unspecified atom stereocenters. The SMILES string of the molecule is O=[N+]([O-])c1ccc(N2CCNCC2)nc1Nc1ccc2cn[nH]c2c1. The molecule has 0 spiro atoms. The van der Waals surface area contributed by atoms with Crippen LogP contribution in [-0.4, -0.2) is 46.3 Å². The molecule has 2 aromatic heterocycles. The number of nitro groups is 1. The number of hydrogen-bond acceptors (Lipinski definition) is 7. The first-order valence-electron chi connectivity index (χ1n) is 8.02. The predicted molar refractivity (Wildman–Crippen MR) is 95.4 cm³/mol. The number of pyridine rings is 1. The van der Waals surface area contributed by atoms with Crippen LogP contribution in [-0.2, 0) is 0 Å². The van der Waals surface area contributed by atoms with Crippen molar-refractivity contribution < 1.29 is 4.92 Å². The Morgan fingerprint density at radius 1 is 1.20 bits per heavy atom. The van der Waals surface area contributed by atoms with Crippen molar-refractivity contribution in [2.24, 2.45) is 0 Å². The second-order valence-corrected chi connectivity index (χ2v) is 5.83. The lowest BCUT2D eigenvalue weighted by molar-refractivity contribution is -0.384. The molecule has 9 nitrogen and oxygen atoms in total. The third-order valence-corrected chi connectivity index (χ3v) is 4.20. The van der Waals surface area contributed by atoms with E-state index in [1.807, 2.05) is 18.2 Å². The molecule has 1 fully saturated rings. The standard InChI is InChI=1S/C16H17N7O2/c24-23(25)14-3-4-15(22-7-5-17-6-8-22)20-16(14)19-12-2-1-11-10-18-21-13(11)9-12/h1-4,9-10,17H,5-8H2,(H,18,21)(H,19,20).